The van der Waals surface area contributed by atoms with Gasteiger partial charge in [0.25, 0.3) is 0 Å². The maximum Gasteiger partial charge on any atom is 0.415 e. The molecule has 0 aliphatic carbocycles. The number of carbonyl (C=O) groups is 1. The molecule has 0 N–H and O–H groups in total. The number of rotatable bonds is 5. The Kier molecular flexibility index (Phi) is 5.74. The Labute approximate surface area is 169 Å². The number of likely N-dealkylation sites (tertiary alicyclic amines) is 1. The Balaban J connectivity index is 1.26. The van der Waals surface area contributed by atoms with E-state index >= 15 is 0 Å². The Morgan fingerprint density at radius 2 is 1.90 bits per heavy atom. The summed E-state index contributed by atoms with van der Waals surface area (Å²) in [5.74, 6) is 0.547. The SMILES string of the molecule is Cc1cccc(Cc2ccc(OC(=O)N3CCC(On4cccn4)CC3)cc2)n1. The summed E-state index contributed by atoms with van der Waals surface area (Å²) in [6, 6.07) is 15.4. The number of benzene rings is 1. The molecule has 150 valence electrons. The lowest BCUT2D eigenvalue weighted by molar-refractivity contribution is -0.0162. The molecule has 1 aromatic carbocycles. The van der Waals surface area contributed by atoms with Gasteiger partial charge in [-0.25, -0.2) is 4.79 Å². The molecule has 29 heavy (non-hydrogen) atoms. The Morgan fingerprint density at radius 3 is 2.59 bits per heavy atom. The van der Waals surface area contributed by atoms with E-state index in [1.165, 1.54) is 4.85 Å². The molecule has 1 fully saturated rings. The maximum absolute atomic E-state index is 12.4. The predicted molar refractivity (Wildman–Crippen MR) is 108 cm³/mol. The molecule has 7 nitrogen and oxygen atoms in total. The summed E-state index contributed by atoms with van der Waals surface area (Å²) in [6.45, 7) is 3.18. The zero-order valence-electron chi connectivity index (χ0n) is 16.4. The third kappa shape index (κ3) is 5.13. The van der Waals surface area contributed by atoms with E-state index in [9.17, 15) is 4.79 Å². The van der Waals surface area contributed by atoms with Crippen molar-refractivity contribution in [2.75, 3.05) is 13.1 Å². The van der Waals surface area contributed by atoms with Crippen molar-refractivity contribution in [3.8, 4) is 5.75 Å². The van der Waals surface area contributed by atoms with Gasteiger partial charge in [0.05, 0.1) is 12.4 Å². The highest BCUT2D eigenvalue weighted by Crippen LogP contribution is 2.18. The van der Waals surface area contributed by atoms with Gasteiger partial charge in [0.2, 0.25) is 0 Å². The van der Waals surface area contributed by atoms with Gasteiger partial charge < -0.3 is 14.5 Å². The van der Waals surface area contributed by atoms with Crippen LogP contribution in [0.4, 0.5) is 4.79 Å². The largest absolute Gasteiger partial charge is 0.415 e. The van der Waals surface area contributed by atoms with Crippen LogP contribution in [0.2, 0.25) is 0 Å². The number of nitrogens with zero attached hydrogens (tertiary/aromatic N) is 4. The summed E-state index contributed by atoms with van der Waals surface area (Å²) in [5.41, 5.74) is 3.15. The molecule has 1 saturated heterocycles. The first kappa shape index (κ1) is 19.0. The molecular weight excluding hydrogens is 368 g/mol. The number of amides is 1. The van der Waals surface area contributed by atoms with Crippen molar-refractivity contribution in [1.82, 2.24) is 19.8 Å². The highest BCUT2D eigenvalue weighted by atomic mass is 16.7. The van der Waals surface area contributed by atoms with Crippen molar-refractivity contribution in [1.29, 1.82) is 0 Å². The van der Waals surface area contributed by atoms with Crippen LogP contribution < -0.4 is 9.57 Å². The fourth-order valence-electron chi connectivity index (χ4n) is 3.36. The number of hydrogen-bond acceptors (Lipinski definition) is 5. The molecule has 2 aromatic heterocycles. The molecule has 0 spiro atoms. The van der Waals surface area contributed by atoms with Crippen molar-refractivity contribution >= 4 is 6.09 Å². The second-order valence-electron chi connectivity index (χ2n) is 7.16. The van der Waals surface area contributed by atoms with Gasteiger partial charge in [-0.3, -0.25) is 4.98 Å². The van der Waals surface area contributed by atoms with Gasteiger partial charge in [-0.2, -0.15) is 0 Å². The minimum absolute atomic E-state index is 0.0495. The van der Waals surface area contributed by atoms with Crippen LogP contribution in [0.15, 0.2) is 60.9 Å². The van der Waals surface area contributed by atoms with Crippen LogP contribution in [0.5, 0.6) is 5.75 Å². The number of pyridine rings is 1. The lowest BCUT2D eigenvalue weighted by Gasteiger charge is -2.30. The average Bonchev–Trinajstić information content (AvgIpc) is 3.23. The van der Waals surface area contributed by atoms with E-state index < -0.39 is 0 Å². The van der Waals surface area contributed by atoms with Gasteiger partial charge in [0, 0.05) is 43.7 Å². The molecule has 0 atom stereocenters. The first-order chi connectivity index (χ1) is 14.2. The van der Waals surface area contributed by atoms with Gasteiger partial charge in [0.15, 0.2) is 0 Å². The normalized spacial score (nSPS) is 14.6. The molecule has 0 saturated carbocycles. The molecule has 3 heterocycles. The van der Waals surface area contributed by atoms with Gasteiger partial charge in [-0.05, 0) is 42.8 Å². The average molecular weight is 392 g/mol. The number of aromatic nitrogens is 3. The lowest BCUT2D eigenvalue weighted by atomic mass is 10.1. The molecule has 0 bridgehead atoms. The highest BCUT2D eigenvalue weighted by Gasteiger charge is 2.25. The van der Waals surface area contributed by atoms with Gasteiger partial charge >= 0.3 is 6.09 Å². The lowest BCUT2D eigenvalue weighted by Crippen LogP contribution is -2.44. The quantitative estimate of drug-likeness (QED) is 0.667. The Morgan fingerprint density at radius 1 is 1.10 bits per heavy atom. The summed E-state index contributed by atoms with van der Waals surface area (Å²) in [4.78, 5) is 25.9. The van der Waals surface area contributed by atoms with E-state index in [4.69, 9.17) is 9.57 Å². The number of aryl methyl sites for hydroxylation is 1. The molecule has 0 radical (unpaired) electrons. The first-order valence-electron chi connectivity index (χ1n) is 9.81. The molecule has 0 unspecified atom stereocenters. The van der Waals surface area contributed by atoms with E-state index in [0.29, 0.717) is 18.8 Å². The van der Waals surface area contributed by atoms with Crippen LogP contribution in [0.3, 0.4) is 0 Å². The van der Waals surface area contributed by atoms with Crippen molar-refractivity contribution in [3.05, 3.63) is 77.9 Å². The van der Waals surface area contributed by atoms with Crippen molar-refractivity contribution in [3.63, 3.8) is 0 Å². The minimum Gasteiger partial charge on any atom is -0.410 e. The zero-order chi connectivity index (χ0) is 20.1. The van der Waals surface area contributed by atoms with Crippen molar-refractivity contribution in [2.45, 2.75) is 32.3 Å². The molecule has 1 amide bonds. The number of carbonyl (C=O) groups excluding carboxylic acids is 1. The summed E-state index contributed by atoms with van der Waals surface area (Å²) < 4.78 is 5.53. The standard InChI is InChI=1S/C22H24N4O3/c1-17-4-2-5-19(24-17)16-18-6-8-20(9-7-18)28-22(27)25-14-10-21(11-15-25)29-26-13-3-12-23-26/h2-9,12-13,21H,10-11,14-16H2,1H3. The summed E-state index contributed by atoms with van der Waals surface area (Å²) in [5, 5.41) is 4.04. The summed E-state index contributed by atoms with van der Waals surface area (Å²) >= 11 is 0. The van der Waals surface area contributed by atoms with Crippen LogP contribution in [0.25, 0.3) is 0 Å². The zero-order valence-corrected chi connectivity index (χ0v) is 16.4. The third-order valence-corrected chi connectivity index (χ3v) is 4.90. The second-order valence-corrected chi connectivity index (χ2v) is 7.16. The predicted octanol–water partition coefficient (Wildman–Crippen LogP) is 3.27. The summed E-state index contributed by atoms with van der Waals surface area (Å²) in [6.07, 6.45) is 5.41. The number of ether oxygens (including phenoxy) is 1. The van der Waals surface area contributed by atoms with E-state index in [1.807, 2.05) is 55.5 Å². The number of hydrogen-bond donors (Lipinski definition) is 0. The smallest absolute Gasteiger partial charge is 0.410 e. The van der Waals surface area contributed by atoms with Crippen LogP contribution in [-0.2, 0) is 6.42 Å². The van der Waals surface area contributed by atoms with Crippen molar-refractivity contribution in [2.24, 2.45) is 0 Å². The first-order valence-corrected chi connectivity index (χ1v) is 9.81. The Hall–Kier alpha value is -3.35. The van der Waals surface area contributed by atoms with Gasteiger partial charge in [-0.15, -0.1) is 9.94 Å². The molecule has 1 aliphatic heterocycles. The van der Waals surface area contributed by atoms with Crippen LogP contribution in [0.1, 0.15) is 29.8 Å². The van der Waals surface area contributed by atoms with E-state index in [1.54, 1.807) is 17.3 Å². The topological polar surface area (TPSA) is 69.5 Å². The Bertz CT molecular complexity index is 933. The van der Waals surface area contributed by atoms with Crippen LogP contribution >= 0.6 is 0 Å². The highest BCUT2D eigenvalue weighted by molar-refractivity contribution is 5.70. The maximum atomic E-state index is 12.4. The van der Waals surface area contributed by atoms with E-state index in [2.05, 4.69) is 10.1 Å². The van der Waals surface area contributed by atoms with Crippen LogP contribution in [-0.4, -0.2) is 45.1 Å². The van der Waals surface area contributed by atoms with Gasteiger partial charge in [0.1, 0.15) is 11.9 Å². The van der Waals surface area contributed by atoms with E-state index in [-0.39, 0.29) is 12.2 Å². The molecule has 3 aromatic rings. The van der Waals surface area contributed by atoms with Gasteiger partial charge in [-0.1, -0.05) is 18.2 Å². The monoisotopic (exact) mass is 392 g/mol. The number of piperidine rings is 1. The van der Waals surface area contributed by atoms with E-state index in [0.717, 1.165) is 36.2 Å². The minimum atomic E-state index is -0.323. The summed E-state index contributed by atoms with van der Waals surface area (Å²) in [7, 11) is 0. The van der Waals surface area contributed by atoms with Crippen LogP contribution in [0, 0.1) is 6.92 Å². The molecule has 4 rings (SSSR count). The molecule has 1 aliphatic rings. The van der Waals surface area contributed by atoms with Crippen molar-refractivity contribution < 1.29 is 14.4 Å². The molecule has 7 heteroatoms. The fraction of sp³-hybridized carbons (Fsp3) is 0.318. The second kappa shape index (κ2) is 8.77. The fourth-order valence-corrected chi connectivity index (χ4v) is 3.36. The molecular formula is C22H24N4O3. The third-order valence-electron chi connectivity index (χ3n) is 4.90.